The molecule has 1 aliphatic carbocycles. The van der Waals surface area contributed by atoms with E-state index in [0.717, 1.165) is 50.3 Å². The number of benzene rings is 1. The van der Waals surface area contributed by atoms with E-state index in [2.05, 4.69) is 26.8 Å². The van der Waals surface area contributed by atoms with Gasteiger partial charge in [-0.25, -0.2) is 9.98 Å². The van der Waals surface area contributed by atoms with Gasteiger partial charge in [-0.2, -0.15) is 0 Å². The van der Waals surface area contributed by atoms with Crippen molar-refractivity contribution in [2.45, 2.75) is 32.2 Å². The Balaban J connectivity index is 1.44. The molecule has 4 aliphatic rings. The van der Waals surface area contributed by atoms with Crippen LogP contribution in [0.5, 0.6) is 0 Å². The summed E-state index contributed by atoms with van der Waals surface area (Å²) in [5.41, 5.74) is 1.72. The lowest BCUT2D eigenvalue weighted by atomic mass is 9.67. The first kappa shape index (κ1) is 22.0. The van der Waals surface area contributed by atoms with Gasteiger partial charge in [-0.3, -0.25) is 14.6 Å². The Bertz CT molecular complexity index is 1090. The van der Waals surface area contributed by atoms with Crippen molar-refractivity contribution in [2.24, 2.45) is 26.8 Å². The molecule has 0 radical (unpaired) electrons. The van der Waals surface area contributed by atoms with E-state index in [-0.39, 0.29) is 11.6 Å². The van der Waals surface area contributed by atoms with Gasteiger partial charge in [0.25, 0.3) is 0 Å². The Morgan fingerprint density at radius 2 is 1.76 bits per heavy atom. The monoisotopic (exact) mass is 445 g/mol. The Labute approximate surface area is 195 Å². The smallest absolute Gasteiger partial charge is 0.187 e. The number of Topliss-reactive ketones (excluding diaryl/α,β-unsaturated/α-hetero) is 2. The third-order valence-corrected chi connectivity index (χ3v) is 7.27. The van der Waals surface area contributed by atoms with E-state index < -0.39 is 17.4 Å². The van der Waals surface area contributed by atoms with Gasteiger partial charge in [0.05, 0.1) is 5.92 Å². The second-order valence-corrected chi connectivity index (χ2v) is 9.98. The Kier molecular flexibility index (Phi) is 5.70. The second-order valence-electron chi connectivity index (χ2n) is 9.98. The molecular formula is C26H31N5O2. The predicted molar refractivity (Wildman–Crippen MR) is 130 cm³/mol. The molecule has 172 valence electrons. The summed E-state index contributed by atoms with van der Waals surface area (Å²) in [6.07, 6.45) is 3.32. The quantitative estimate of drug-likeness (QED) is 0.697. The minimum Gasteiger partial charge on any atom is -0.304 e. The van der Waals surface area contributed by atoms with E-state index in [9.17, 15) is 9.59 Å². The lowest BCUT2D eigenvalue weighted by Crippen LogP contribution is -2.49. The number of carbonyl (C=O) groups excluding carboxylic acids is 2. The molecule has 2 unspecified atom stereocenters. The molecule has 1 fully saturated rings. The maximum atomic E-state index is 13.7. The lowest BCUT2D eigenvalue weighted by molar-refractivity contribution is -0.131. The van der Waals surface area contributed by atoms with Crippen molar-refractivity contribution in [3.05, 3.63) is 47.2 Å². The molecule has 2 atom stereocenters. The van der Waals surface area contributed by atoms with E-state index in [4.69, 9.17) is 4.99 Å². The number of fused-ring (bicyclic) bond motifs is 2. The van der Waals surface area contributed by atoms with Gasteiger partial charge < -0.3 is 9.80 Å². The molecule has 0 spiro atoms. The average molecular weight is 446 g/mol. The van der Waals surface area contributed by atoms with Crippen molar-refractivity contribution >= 4 is 29.3 Å². The van der Waals surface area contributed by atoms with Crippen LogP contribution in [0.4, 0.5) is 0 Å². The predicted octanol–water partition coefficient (Wildman–Crippen LogP) is 2.42. The largest absolute Gasteiger partial charge is 0.304 e. The topological polar surface area (TPSA) is 77.7 Å². The molecule has 1 saturated heterocycles. The summed E-state index contributed by atoms with van der Waals surface area (Å²) < 4.78 is 0. The zero-order valence-electron chi connectivity index (χ0n) is 19.6. The van der Waals surface area contributed by atoms with Crippen LogP contribution < -0.4 is 0 Å². The third kappa shape index (κ3) is 4.04. The van der Waals surface area contributed by atoms with E-state index in [1.807, 2.05) is 44.2 Å². The summed E-state index contributed by atoms with van der Waals surface area (Å²) in [4.78, 5) is 45.8. The van der Waals surface area contributed by atoms with Crippen LogP contribution in [0, 0.1) is 11.8 Å². The molecule has 0 saturated carbocycles. The number of amidine groups is 1. The van der Waals surface area contributed by atoms with Crippen LogP contribution in [-0.2, 0) is 9.59 Å². The van der Waals surface area contributed by atoms with Gasteiger partial charge in [-0.05, 0) is 40.3 Å². The standard InChI is InChI=1S/C26H31N5O2/c1-26(2)24(33)20-18(10-7-11-31-14-12-30(3)13-15-31)23(32)22-21(19(20)16-27-26)28-25(29-22)17-8-5-4-6-9-17/h4-6,8-9,16,18,20H,7,10-15H2,1-3H3. The van der Waals surface area contributed by atoms with Crippen LogP contribution in [0.25, 0.3) is 0 Å². The van der Waals surface area contributed by atoms with Gasteiger partial charge in [-0.15, -0.1) is 0 Å². The third-order valence-electron chi connectivity index (χ3n) is 7.27. The highest BCUT2D eigenvalue weighted by Crippen LogP contribution is 2.41. The van der Waals surface area contributed by atoms with Gasteiger partial charge >= 0.3 is 0 Å². The summed E-state index contributed by atoms with van der Waals surface area (Å²) in [6, 6.07) is 9.66. The number of rotatable bonds is 5. The molecule has 0 amide bonds. The van der Waals surface area contributed by atoms with Crippen molar-refractivity contribution in [3.63, 3.8) is 0 Å². The SMILES string of the molecule is CN1CCN(CCCC2C(=O)C3=NC(c4ccccc4)=NC3=C3C=NC(C)(C)C(=O)C32)CC1. The van der Waals surface area contributed by atoms with Crippen molar-refractivity contribution in [1.29, 1.82) is 0 Å². The molecule has 1 aromatic carbocycles. The van der Waals surface area contributed by atoms with Crippen LogP contribution in [0.1, 0.15) is 32.3 Å². The average Bonchev–Trinajstić information content (AvgIpc) is 3.26. The molecule has 5 rings (SSSR count). The number of aliphatic imine (C=N–C) groups is 3. The number of nitrogens with zero attached hydrogens (tertiary/aromatic N) is 5. The maximum Gasteiger partial charge on any atom is 0.187 e. The number of likely N-dealkylation sites (N-methyl/N-ethyl adjacent to an activating group) is 1. The molecule has 33 heavy (non-hydrogen) atoms. The molecule has 0 N–H and O–H groups in total. The Morgan fingerprint density at radius 1 is 1.03 bits per heavy atom. The molecule has 1 aromatic rings. The van der Waals surface area contributed by atoms with E-state index >= 15 is 0 Å². The molecule has 3 aliphatic heterocycles. The summed E-state index contributed by atoms with van der Waals surface area (Å²) in [6.45, 7) is 8.84. The molecular weight excluding hydrogens is 414 g/mol. The van der Waals surface area contributed by atoms with Crippen LogP contribution in [0.3, 0.4) is 0 Å². The van der Waals surface area contributed by atoms with E-state index in [1.54, 1.807) is 6.21 Å². The first-order valence-corrected chi connectivity index (χ1v) is 11.9. The van der Waals surface area contributed by atoms with Crippen molar-refractivity contribution < 1.29 is 9.59 Å². The number of hydrogen-bond donors (Lipinski definition) is 0. The first-order chi connectivity index (χ1) is 15.8. The second kappa shape index (κ2) is 8.54. The molecule has 0 bridgehead atoms. The number of allylic oxidation sites excluding steroid dienone is 2. The first-order valence-electron chi connectivity index (χ1n) is 11.9. The van der Waals surface area contributed by atoms with Crippen molar-refractivity contribution in [2.75, 3.05) is 39.8 Å². The molecule has 7 nitrogen and oxygen atoms in total. The van der Waals surface area contributed by atoms with Crippen LogP contribution in [0.15, 0.2) is 56.6 Å². The summed E-state index contributed by atoms with van der Waals surface area (Å²) in [7, 11) is 2.15. The fraction of sp³-hybridized carbons (Fsp3) is 0.500. The fourth-order valence-corrected chi connectivity index (χ4v) is 5.17. The molecule has 7 heteroatoms. The molecule has 0 aromatic heterocycles. The summed E-state index contributed by atoms with van der Waals surface area (Å²) in [5.74, 6) is -0.410. The highest BCUT2D eigenvalue weighted by Gasteiger charge is 2.50. The van der Waals surface area contributed by atoms with Gasteiger partial charge in [-0.1, -0.05) is 30.3 Å². The number of ketones is 2. The van der Waals surface area contributed by atoms with Gasteiger partial charge in [0.1, 0.15) is 16.9 Å². The minimum absolute atomic E-state index is 0.00728. The normalized spacial score (nSPS) is 27.4. The zero-order valence-corrected chi connectivity index (χ0v) is 19.6. The highest BCUT2D eigenvalue weighted by atomic mass is 16.1. The van der Waals surface area contributed by atoms with E-state index in [1.165, 1.54) is 0 Å². The number of piperazine rings is 1. The van der Waals surface area contributed by atoms with Gasteiger partial charge in [0, 0.05) is 49.4 Å². The summed E-state index contributed by atoms with van der Waals surface area (Å²) in [5, 5.41) is 0. The van der Waals surface area contributed by atoms with Crippen LogP contribution >= 0.6 is 0 Å². The number of carbonyl (C=O) groups is 2. The molecule has 3 heterocycles. The highest BCUT2D eigenvalue weighted by molar-refractivity contribution is 6.52. The van der Waals surface area contributed by atoms with Crippen LogP contribution in [-0.4, -0.2) is 84.4 Å². The van der Waals surface area contributed by atoms with Gasteiger partial charge in [0.15, 0.2) is 17.4 Å². The van der Waals surface area contributed by atoms with Crippen molar-refractivity contribution in [3.8, 4) is 0 Å². The summed E-state index contributed by atoms with van der Waals surface area (Å²) >= 11 is 0. The fourth-order valence-electron chi connectivity index (χ4n) is 5.17. The number of hydrogen-bond acceptors (Lipinski definition) is 7. The minimum atomic E-state index is -0.829. The zero-order chi connectivity index (χ0) is 23.2. The van der Waals surface area contributed by atoms with Crippen molar-refractivity contribution in [1.82, 2.24) is 9.80 Å². The van der Waals surface area contributed by atoms with Crippen LogP contribution in [0.2, 0.25) is 0 Å². The lowest BCUT2D eigenvalue weighted by Gasteiger charge is -2.38. The van der Waals surface area contributed by atoms with E-state index in [0.29, 0.717) is 23.7 Å². The van der Waals surface area contributed by atoms with Gasteiger partial charge in [0.2, 0.25) is 0 Å². The Hall–Kier alpha value is -2.77. The maximum absolute atomic E-state index is 13.7. The Morgan fingerprint density at radius 3 is 2.48 bits per heavy atom.